The van der Waals surface area contributed by atoms with Crippen LogP contribution >= 0.6 is 0 Å². The molecule has 88 valence electrons. The number of hydrogen-bond acceptors (Lipinski definition) is 1. The van der Waals surface area contributed by atoms with E-state index < -0.39 is 0 Å². The first-order chi connectivity index (χ1) is 7.66. The van der Waals surface area contributed by atoms with Crippen LogP contribution in [0.2, 0.25) is 0 Å². The maximum Gasteiger partial charge on any atom is 0.0323 e. The lowest BCUT2D eigenvalue weighted by Gasteiger charge is -2.28. The number of nitrogens with two attached hydrogens (primary N) is 1. The minimum absolute atomic E-state index is 0.249. The van der Waals surface area contributed by atoms with E-state index in [0.717, 1.165) is 0 Å². The van der Waals surface area contributed by atoms with E-state index in [2.05, 4.69) is 32.0 Å². The smallest absolute Gasteiger partial charge is 0.0323 e. The van der Waals surface area contributed by atoms with Crippen molar-refractivity contribution in [3.05, 3.63) is 34.9 Å². The first-order valence-electron chi connectivity index (χ1n) is 6.50. The molecule has 0 heterocycles. The van der Waals surface area contributed by atoms with Gasteiger partial charge in [-0.25, -0.2) is 0 Å². The van der Waals surface area contributed by atoms with Crippen molar-refractivity contribution in [3.8, 4) is 0 Å². The first kappa shape index (κ1) is 11.7. The molecule has 0 saturated heterocycles. The molecule has 1 nitrogen and oxygen atoms in total. The topological polar surface area (TPSA) is 26.0 Å². The Morgan fingerprint density at radius 2 is 1.56 bits per heavy atom. The Balaban J connectivity index is 2.15. The van der Waals surface area contributed by atoms with Crippen LogP contribution in [0.3, 0.4) is 0 Å². The van der Waals surface area contributed by atoms with Crippen LogP contribution in [0, 0.1) is 19.8 Å². The van der Waals surface area contributed by atoms with Crippen molar-refractivity contribution in [2.24, 2.45) is 11.7 Å². The van der Waals surface area contributed by atoms with Crippen LogP contribution in [0.4, 0.5) is 0 Å². The summed E-state index contributed by atoms with van der Waals surface area (Å²) in [5, 5.41) is 0. The molecule has 0 unspecified atom stereocenters. The largest absolute Gasteiger partial charge is 0.324 e. The van der Waals surface area contributed by atoms with E-state index >= 15 is 0 Å². The Morgan fingerprint density at radius 1 is 1.00 bits per heavy atom. The van der Waals surface area contributed by atoms with Gasteiger partial charge in [-0.2, -0.15) is 0 Å². The summed E-state index contributed by atoms with van der Waals surface area (Å²) in [7, 11) is 0. The zero-order valence-electron chi connectivity index (χ0n) is 10.5. The van der Waals surface area contributed by atoms with Gasteiger partial charge in [0.2, 0.25) is 0 Å². The second kappa shape index (κ2) is 5.01. The Labute approximate surface area is 99.0 Å². The van der Waals surface area contributed by atoms with Gasteiger partial charge in [0.1, 0.15) is 0 Å². The summed E-state index contributed by atoms with van der Waals surface area (Å²) in [4.78, 5) is 0. The van der Waals surface area contributed by atoms with Gasteiger partial charge in [0, 0.05) is 6.04 Å². The monoisotopic (exact) mass is 217 g/mol. The lowest BCUT2D eigenvalue weighted by molar-refractivity contribution is 0.308. The van der Waals surface area contributed by atoms with Crippen LogP contribution < -0.4 is 5.73 Å². The van der Waals surface area contributed by atoms with Crippen LogP contribution in [0.1, 0.15) is 54.8 Å². The molecule has 1 aromatic rings. The Morgan fingerprint density at radius 3 is 2.12 bits per heavy atom. The lowest BCUT2D eigenvalue weighted by Crippen LogP contribution is -2.23. The molecule has 1 fully saturated rings. The van der Waals surface area contributed by atoms with E-state index in [-0.39, 0.29) is 6.04 Å². The molecule has 1 atom stereocenters. The Kier molecular flexibility index (Phi) is 3.65. The van der Waals surface area contributed by atoms with Gasteiger partial charge in [-0.15, -0.1) is 0 Å². The molecule has 0 bridgehead atoms. The molecule has 0 spiro atoms. The molecule has 1 aliphatic carbocycles. The molecule has 1 aliphatic rings. The minimum Gasteiger partial charge on any atom is -0.324 e. The average Bonchev–Trinajstić information content (AvgIpc) is 2.28. The van der Waals surface area contributed by atoms with E-state index in [1.54, 1.807) is 0 Å². The fourth-order valence-electron chi connectivity index (χ4n) is 2.97. The molecule has 16 heavy (non-hydrogen) atoms. The lowest BCUT2D eigenvalue weighted by atomic mass is 9.81. The number of hydrogen-bond donors (Lipinski definition) is 1. The molecular formula is C15H23N. The SMILES string of the molecule is Cc1cc(C)cc([C@@H](N)C2CCCCC2)c1. The first-order valence-corrected chi connectivity index (χ1v) is 6.50. The third kappa shape index (κ3) is 2.65. The molecule has 1 aromatic carbocycles. The van der Waals surface area contributed by atoms with Gasteiger partial charge in [-0.05, 0) is 38.2 Å². The highest BCUT2D eigenvalue weighted by molar-refractivity contribution is 5.30. The molecule has 1 heteroatoms. The fraction of sp³-hybridized carbons (Fsp3) is 0.600. The molecule has 0 radical (unpaired) electrons. The third-order valence-electron chi connectivity index (χ3n) is 3.79. The molecule has 2 N–H and O–H groups in total. The summed E-state index contributed by atoms with van der Waals surface area (Å²) in [6.45, 7) is 4.31. The molecule has 2 rings (SSSR count). The van der Waals surface area contributed by atoms with Crippen LogP contribution in [0.5, 0.6) is 0 Å². The van der Waals surface area contributed by atoms with Crippen molar-refractivity contribution in [2.45, 2.75) is 52.0 Å². The summed E-state index contributed by atoms with van der Waals surface area (Å²) in [5.74, 6) is 0.704. The van der Waals surface area contributed by atoms with Gasteiger partial charge in [0.15, 0.2) is 0 Å². The summed E-state index contributed by atoms with van der Waals surface area (Å²) >= 11 is 0. The highest BCUT2D eigenvalue weighted by Gasteiger charge is 2.21. The predicted molar refractivity (Wildman–Crippen MR) is 69.4 cm³/mol. The second-order valence-corrected chi connectivity index (χ2v) is 5.34. The zero-order valence-corrected chi connectivity index (χ0v) is 10.5. The third-order valence-corrected chi connectivity index (χ3v) is 3.79. The van der Waals surface area contributed by atoms with Crippen LogP contribution in [-0.2, 0) is 0 Å². The highest BCUT2D eigenvalue weighted by atomic mass is 14.7. The second-order valence-electron chi connectivity index (χ2n) is 5.34. The molecular weight excluding hydrogens is 194 g/mol. The predicted octanol–water partition coefficient (Wildman–Crippen LogP) is 3.88. The van der Waals surface area contributed by atoms with Crippen molar-refractivity contribution < 1.29 is 0 Å². The van der Waals surface area contributed by atoms with Gasteiger partial charge < -0.3 is 5.73 Å². The van der Waals surface area contributed by atoms with E-state index in [1.165, 1.54) is 48.8 Å². The minimum atomic E-state index is 0.249. The molecule has 1 saturated carbocycles. The molecule has 0 amide bonds. The van der Waals surface area contributed by atoms with E-state index in [1.807, 2.05) is 0 Å². The fourth-order valence-corrected chi connectivity index (χ4v) is 2.97. The maximum atomic E-state index is 6.41. The van der Waals surface area contributed by atoms with Gasteiger partial charge in [-0.1, -0.05) is 48.6 Å². The maximum absolute atomic E-state index is 6.41. The van der Waals surface area contributed by atoms with Gasteiger partial charge in [-0.3, -0.25) is 0 Å². The highest BCUT2D eigenvalue weighted by Crippen LogP contribution is 2.33. The van der Waals surface area contributed by atoms with Crippen molar-refractivity contribution in [3.63, 3.8) is 0 Å². The van der Waals surface area contributed by atoms with E-state index in [0.29, 0.717) is 5.92 Å². The quantitative estimate of drug-likeness (QED) is 0.799. The van der Waals surface area contributed by atoms with Gasteiger partial charge >= 0.3 is 0 Å². The normalized spacial score (nSPS) is 19.7. The van der Waals surface area contributed by atoms with Gasteiger partial charge in [0.05, 0.1) is 0 Å². The Hall–Kier alpha value is -0.820. The summed E-state index contributed by atoms with van der Waals surface area (Å²) in [6, 6.07) is 6.98. The zero-order chi connectivity index (χ0) is 11.5. The van der Waals surface area contributed by atoms with Crippen molar-refractivity contribution >= 4 is 0 Å². The summed E-state index contributed by atoms with van der Waals surface area (Å²) < 4.78 is 0. The van der Waals surface area contributed by atoms with E-state index in [9.17, 15) is 0 Å². The van der Waals surface area contributed by atoms with Gasteiger partial charge in [0.25, 0.3) is 0 Å². The number of rotatable bonds is 2. The van der Waals surface area contributed by atoms with Crippen molar-refractivity contribution in [1.29, 1.82) is 0 Å². The average molecular weight is 217 g/mol. The van der Waals surface area contributed by atoms with Crippen LogP contribution in [-0.4, -0.2) is 0 Å². The van der Waals surface area contributed by atoms with Crippen molar-refractivity contribution in [1.82, 2.24) is 0 Å². The van der Waals surface area contributed by atoms with Crippen LogP contribution in [0.15, 0.2) is 18.2 Å². The molecule has 0 aromatic heterocycles. The number of aryl methyl sites for hydroxylation is 2. The van der Waals surface area contributed by atoms with Crippen molar-refractivity contribution in [2.75, 3.05) is 0 Å². The van der Waals surface area contributed by atoms with E-state index in [4.69, 9.17) is 5.73 Å². The Bertz CT molecular complexity index is 330. The standard InChI is InChI=1S/C15H23N/c1-11-8-12(2)10-14(9-11)15(16)13-6-4-3-5-7-13/h8-10,13,15H,3-7,16H2,1-2H3/t15-/m0/s1. The number of benzene rings is 1. The van der Waals surface area contributed by atoms with Crippen LogP contribution in [0.25, 0.3) is 0 Å². The summed E-state index contributed by atoms with van der Waals surface area (Å²) in [5.41, 5.74) is 10.4. The molecule has 0 aliphatic heterocycles. The summed E-state index contributed by atoms with van der Waals surface area (Å²) in [6.07, 6.45) is 6.75.